The van der Waals surface area contributed by atoms with Crippen LogP contribution in [0.1, 0.15) is 67.9 Å². The molecule has 0 spiro atoms. The molecule has 0 aliphatic heterocycles. The molecule has 0 fully saturated rings. The van der Waals surface area contributed by atoms with Crippen LogP contribution < -0.4 is 15.5 Å². The highest BCUT2D eigenvalue weighted by Crippen LogP contribution is 2.29. The van der Waals surface area contributed by atoms with E-state index in [9.17, 15) is 9.59 Å². The summed E-state index contributed by atoms with van der Waals surface area (Å²) in [7, 11) is 3.97. The van der Waals surface area contributed by atoms with Crippen molar-refractivity contribution in [2.24, 2.45) is 11.3 Å². The minimum Gasteiger partial charge on any atom is -0.377 e. The summed E-state index contributed by atoms with van der Waals surface area (Å²) in [6.45, 7) is 18.5. The van der Waals surface area contributed by atoms with Crippen LogP contribution in [-0.4, -0.2) is 42.5 Å². The Morgan fingerprint density at radius 1 is 1.00 bits per heavy atom. The van der Waals surface area contributed by atoms with Gasteiger partial charge in [0.15, 0.2) is 0 Å². The zero-order chi connectivity index (χ0) is 23.4. The number of nitrogens with zero attached hydrogens (tertiary/aromatic N) is 2. The van der Waals surface area contributed by atoms with Crippen LogP contribution >= 0.6 is 0 Å². The van der Waals surface area contributed by atoms with Crippen LogP contribution in [0.3, 0.4) is 0 Å². The lowest BCUT2D eigenvalue weighted by Crippen LogP contribution is -2.46. The Morgan fingerprint density at radius 3 is 2.00 bits per heavy atom. The molecule has 0 aromatic heterocycles. The molecule has 0 aliphatic carbocycles. The summed E-state index contributed by atoms with van der Waals surface area (Å²) in [6.07, 6.45) is 0. The maximum atomic E-state index is 13.2. The summed E-state index contributed by atoms with van der Waals surface area (Å²) in [4.78, 5) is 29.6. The lowest BCUT2D eigenvalue weighted by atomic mass is 9.92. The number of urea groups is 1. The number of nitrogens with one attached hydrogen (secondary N) is 2. The van der Waals surface area contributed by atoms with Gasteiger partial charge in [0.1, 0.15) is 0 Å². The van der Waals surface area contributed by atoms with Gasteiger partial charge in [-0.1, -0.05) is 34.6 Å². The third-order valence-electron chi connectivity index (χ3n) is 5.01. The number of carbonyl (C=O) groups is 2. The summed E-state index contributed by atoms with van der Waals surface area (Å²) in [5.41, 5.74) is 1.94. The number of hydrogen-bond acceptors (Lipinski definition) is 3. The number of benzene rings is 1. The van der Waals surface area contributed by atoms with Crippen LogP contribution in [0, 0.1) is 11.3 Å². The van der Waals surface area contributed by atoms with Gasteiger partial charge in [-0.3, -0.25) is 4.79 Å². The summed E-state index contributed by atoms with van der Waals surface area (Å²) < 4.78 is 0. The SMILES string of the molecule is CC(C)[C@@H](C)N(Cc1cc(NC(=O)NC(C)(C)C)ccc1N(C)C)C(=O)C(C)(C)C. The van der Waals surface area contributed by atoms with E-state index in [1.807, 2.05) is 83.6 Å². The van der Waals surface area contributed by atoms with E-state index in [1.54, 1.807) is 0 Å². The van der Waals surface area contributed by atoms with Gasteiger partial charge in [-0.25, -0.2) is 4.79 Å². The minimum absolute atomic E-state index is 0.0903. The molecule has 1 aromatic carbocycles. The Labute approximate surface area is 183 Å². The van der Waals surface area contributed by atoms with Gasteiger partial charge < -0.3 is 20.4 Å². The van der Waals surface area contributed by atoms with E-state index in [0.717, 1.165) is 11.3 Å². The fourth-order valence-corrected chi connectivity index (χ4v) is 3.10. The van der Waals surface area contributed by atoms with Gasteiger partial charge in [-0.15, -0.1) is 0 Å². The smallest absolute Gasteiger partial charge is 0.319 e. The molecule has 2 N–H and O–H groups in total. The highest BCUT2D eigenvalue weighted by atomic mass is 16.2. The van der Waals surface area contributed by atoms with E-state index < -0.39 is 5.41 Å². The molecule has 0 saturated carbocycles. The second-order valence-electron chi connectivity index (χ2n) is 10.7. The molecule has 0 aliphatic rings. The van der Waals surface area contributed by atoms with Gasteiger partial charge >= 0.3 is 6.03 Å². The molecule has 1 atom stereocenters. The van der Waals surface area contributed by atoms with Gasteiger partial charge in [0.2, 0.25) is 5.91 Å². The molecule has 6 heteroatoms. The first-order valence-electron chi connectivity index (χ1n) is 10.7. The summed E-state index contributed by atoms with van der Waals surface area (Å²) in [6, 6.07) is 5.69. The van der Waals surface area contributed by atoms with Crippen LogP contribution in [0.25, 0.3) is 0 Å². The van der Waals surface area contributed by atoms with E-state index in [4.69, 9.17) is 0 Å². The fraction of sp³-hybridized carbons (Fsp3) is 0.667. The highest BCUT2D eigenvalue weighted by Gasteiger charge is 2.32. The monoisotopic (exact) mass is 418 g/mol. The van der Waals surface area contributed by atoms with Crippen molar-refractivity contribution in [2.45, 2.75) is 80.4 Å². The van der Waals surface area contributed by atoms with Crippen molar-refractivity contribution in [1.29, 1.82) is 0 Å². The first-order chi connectivity index (χ1) is 13.5. The molecular formula is C24H42N4O2. The molecule has 1 aromatic rings. The topological polar surface area (TPSA) is 64.7 Å². The number of rotatable bonds is 6. The van der Waals surface area contributed by atoms with Gasteiger partial charge in [-0.2, -0.15) is 0 Å². The van der Waals surface area contributed by atoms with E-state index in [-0.39, 0.29) is 23.5 Å². The lowest BCUT2D eigenvalue weighted by Gasteiger charge is -2.37. The fourth-order valence-electron chi connectivity index (χ4n) is 3.10. The van der Waals surface area contributed by atoms with Crippen LogP contribution in [0.5, 0.6) is 0 Å². The first-order valence-corrected chi connectivity index (χ1v) is 10.7. The van der Waals surface area contributed by atoms with E-state index in [0.29, 0.717) is 18.2 Å². The third kappa shape index (κ3) is 7.54. The quantitative estimate of drug-likeness (QED) is 0.676. The second kappa shape index (κ2) is 9.71. The van der Waals surface area contributed by atoms with Crippen LogP contribution in [0.4, 0.5) is 16.2 Å². The van der Waals surface area contributed by atoms with E-state index in [1.165, 1.54) is 0 Å². The normalized spacial score (nSPS) is 13.1. The summed E-state index contributed by atoms with van der Waals surface area (Å²) in [5, 5.41) is 5.83. The second-order valence-corrected chi connectivity index (χ2v) is 10.7. The summed E-state index contributed by atoms with van der Waals surface area (Å²) >= 11 is 0. The van der Waals surface area contributed by atoms with Crippen LogP contribution in [0.2, 0.25) is 0 Å². The molecule has 0 heterocycles. The Balaban J connectivity index is 3.30. The predicted octanol–water partition coefficient (Wildman–Crippen LogP) is 5.09. The number of amides is 3. The van der Waals surface area contributed by atoms with Crippen molar-refractivity contribution in [1.82, 2.24) is 10.2 Å². The molecule has 6 nitrogen and oxygen atoms in total. The number of hydrogen-bond donors (Lipinski definition) is 2. The first kappa shape index (κ1) is 25.8. The van der Waals surface area contributed by atoms with E-state index >= 15 is 0 Å². The Morgan fingerprint density at radius 2 is 1.57 bits per heavy atom. The number of anilines is 2. The van der Waals surface area contributed by atoms with Crippen molar-refractivity contribution >= 4 is 23.3 Å². The Hall–Kier alpha value is -2.24. The molecule has 170 valence electrons. The van der Waals surface area contributed by atoms with Gasteiger partial charge in [-0.05, 0) is 57.4 Å². The van der Waals surface area contributed by atoms with Crippen molar-refractivity contribution in [3.05, 3.63) is 23.8 Å². The Kier molecular flexibility index (Phi) is 8.35. The van der Waals surface area contributed by atoms with Crippen molar-refractivity contribution < 1.29 is 9.59 Å². The van der Waals surface area contributed by atoms with Crippen molar-refractivity contribution in [3.8, 4) is 0 Å². The molecule has 0 saturated heterocycles. The third-order valence-corrected chi connectivity index (χ3v) is 5.01. The lowest BCUT2D eigenvalue weighted by molar-refractivity contribution is -0.143. The number of carbonyl (C=O) groups excluding carboxylic acids is 2. The molecule has 0 unspecified atom stereocenters. The van der Waals surface area contributed by atoms with Crippen molar-refractivity contribution in [3.63, 3.8) is 0 Å². The zero-order valence-electron chi connectivity index (χ0n) is 20.8. The minimum atomic E-state index is -0.468. The molecule has 0 bridgehead atoms. The van der Waals surface area contributed by atoms with E-state index in [2.05, 4.69) is 31.4 Å². The van der Waals surface area contributed by atoms with Gasteiger partial charge in [0.05, 0.1) is 0 Å². The van der Waals surface area contributed by atoms with Crippen molar-refractivity contribution in [2.75, 3.05) is 24.3 Å². The average molecular weight is 419 g/mol. The zero-order valence-corrected chi connectivity index (χ0v) is 20.8. The van der Waals surface area contributed by atoms with Crippen LogP contribution in [-0.2, 0) is 11.3 Å². The molecule has 30 heavy (non-hydrogen) atoms. The van der Waals surface area contributed by atoms with Gasteiger partial charge in [0.25, 0.3) is 0 Å². The average Bonchev–Trinajstić information content (AvgIpc) is 2.55. The summed E-state index contributed by atoms with van der Waals surface area (Å²) in [5.74, 6) is 0.454. The van der Waals surface area contributed by atoms with Gasteiger partial charge in [0, 0.05) is 49.0 Å². The van der Waals surface area contributed by atoms with Crippen LogP contribution in [0.15, 0.2) is 18.2 Å². The Bertz CT molecular complexity index is 743. The maximum Gasteiger partial charge on any atom is 0.319 e. The highest BCUT2D eigenvalue weighted by molar-refractivity contribution is 5.90. The maximum absolute atomic E-state index is 13.2. The molecule has 3 amide bonds. The molecule has 1 rings (SSSR count). The molecule has 0 radical (unpaired) electrons. The standard InChI is InChI=1S/C24H42N4O2/c1-16(2)17(3)28(21(29)23(4,5)6)15-18-14-19(12-13-20(18)27(10)11)25-22(30)26-24(7,8)9/h12-14,16-17H,15H2,1-11H3,(H2,25,26,30)/t17-/m1/s1. The largest absolute Gasteiger partial charge is 0.377 e. The predicted molar refractivity (Wildman–Crippen MR) is 127 cm³/mol. The molecular weight excluding hydrogens is 376 g/mol.